The predicted octanol–water partition coefficient (Wildman–Crippen LogP) is 6.12. The zero-order valence-electron chi connectivity index (χ0n) is 17.9. The average Bonchev–Trinajstić information content (AvgIpc) is 3.19. The third-order valence-electron chi connectivity index (χ3n) is 5.71. The predicted molar refractivity (Wildman–Crippen MR) is 127 cm³/mol. The van der Waals surface area contributed by atoms with Crippen molar-refractivity contribution in [3.8, 4) is 5.75 Å². The molecule has 0 radical (unpaired) electrons. The second kappa shape index (κ2) is 9.88. The highest BCUT2D eigenvalue weighted by Gasteiger charge is 2.22. The summed E-state index contributed by atoms with van der Waals surface area (Å²) in [5.41, 5.74) is 2.58. The van der Waals surface area contributed by atoms with Crippen LogP contribution in [0, 0.1) is 12.8 Å². The summed E-state index contributed by atoms with van der Waals surface area (Å²) in [6, 6.07) is 11.3. The van der Waals surface area contributed by atoms with Crippen molar-refractivity contribution in [1.29, 1.82) is 0 Å². The SMILES string of the molecule is CCOC(=O)c1ccc(C)c(OCCC2CCN(c3nc4ccc(Cl)cc4s3)CC2)c1. The van der Waals surface area contributed by atoms with Crippen molar-refractivity contribution in [3.63, 3.8) is 0 Å². The number of piperidine rings is 1. The largest absolute Gasteiger partial charge is 0.493 e. The summed E-state index contributed by atoms with van der Waals surface area (Å²) in [4.78, 5) is 19.1. The van der Waals surface area contributed by atoms with Gasteiger partial charge in [-0.25, -0.2) is 9.78 Å². The molecule has 31 heavy (non-hydrogen) atoms. The molecule has 1 aromatic heterocycles. The molecular weight excluding hydrogens is 432 g/mol. The van der Waals surface area contributed by atoms with E-state index >= 15 is 0 Å². The summed E-state index contributed by atoms with van der Waals surface area (Å²) in [6.07, 6.45) is 3.26. The van der Waals surface area contributed by atoms with Gasteiger partial charge in [0, 0.05) is 18.1 Å². The van der Waals surface area contributed by atoms with Crippen molar-refractivity contribution >= 4 is 44.3 Å². The van der Waals surface area contributed by atoms with Crippen molar-refractivity contribution < 1.29 is 14.3 Å². The Hall–Kier alpha value is -2.31. The van der Waals surface area contributed by atoms with Crippen LogP contribution in [0.1, 0.15) is 42.1 Å². The number of anilines is 1. The fourth-order valence-electron chi connectivity index (χ4n) is 3.87. The Morgan fingerprint density at radius 3 is 2.81 bits per heavy atom. The minimum Gasteiger partial charge on any atom is -0.493 e. The Labute approximate surface area is 191 Å². The summed E-state index contributed by atoms with van der Waals surface area (Å²) >= 11 is 7.81. The van der Waals surface area contributed by atoms with E-state index in [0.29, 0.717) is 24.7 Å². The molecule has 0 spiro atoms. The van der Waals surface area contributed by atoms with Crippen molar-refractivity contribution in [2.75, 3.05) is 31.2 Å². The van der Waals surface area contributed by atoms with E-state index in [1.54, 1.807) is 30.4 Å². The van der Waals surface area contributed by atoms with Gasteiger partial charge in [0.2, 0.25) is 0 Å². The normalized spacial score (nSPS) is 14.7. The molecule has 3 aromatic rings. The van der Waals surface area contributed by atoms with Gasteiger partial charge in [0.15, 0.2) is 5.13 Å². The van der Waals surface area contributed by atoms with Gasteiger partial charge in [-0.1, -0.05) is 29.0 Å². The average molecular weight is 459 g/mol. The van der Waals surface area contributed by atoms with Crippen LogP contribution >= 0.6 is 22.9 Å². The number of esters is 1. The van der Waals surface area contributed by atoms with E-state index in [4.69, 9.17) is 26.1 Å². The highest BCUT2D eigenvalue weighted by atomic mass is 35.5. The Morgan fingerprint density at radius 2 is 2.03 bits per heavy atom. The minimum absolute atomic E-state index is 0.308. The van der Waals surface area contributed by atoms with Crippen molar-refractivity contribution in [1.82, 2.24) is 4.98 Å². The van der Waals surface area contributed by atoms with Crippen LogP contribution in [-0.4, -0.2) is 37.3 Å². The van der Waals surface area contributed by atoms with Crippen LogP contribution in [0.2, 0.25) is 5.02 Å². The number of aromatic nitrogens is 1. The number of halogens is 1. The molecule has 0 aliphatic carbocycles. The lowest BCUT2D eigenvalue weighted by Gasteiger charge is -2.31. The lowest BCUT2D eigenvalue weighted by Crippen LogP contribution is -2.34. The number of ether oxygens (including phenoxy) is 2. The van der Waals surface area contributed by atoms with Gasteiger partial charge in [-0.05, 0) is 74.9 Å². The Morgan fingerprint density at radius 1 is 1.23 bits per heavy atom. The third-order valence-corrected chi connectivity index (χ3v) is 7.02. The second-order valence-corrected chi connectivity index (χ2v) is 9.32. The van der Waals surface area contributed by atoms with E-state index in [1.807, 2.05) is 31.2 Å². The molecule has 1 aliphatic heterocycles. The van der Waals surface area contributed by atoms with Gasteiger partial charge < -0.3 is 14.4 Å². The number of nitrogens with zero attached hydrogens (tertiary/aromatic N) is 2. The molecule has 2 aromatic carbocycles. The molecule has 2 heterocycles. The standard InChI is InChI=1S/C24H27ClN2O3S/c1-3-29-23(28)18-5-4-16(2)21(14-18)30-13-10-17-8-11-27(12-9-17)24-26-20-7-6-19(25)15-22(20)31-24/h4-7,14-15,17H,3,8-13H2,1-2H3. The van der Waals surface area contributed by atoms with E-state index in [2.05, 4.69) is 4.90 Å². The summed E-state index contributed by atoms with van der Waals surface area (Å²) in [7, 11) is 0. The first-order chi connectivity index (χ1) is 15.0. The Bertz CT molecular complexity index is 1060. The lowest BCUT2D eigenvalue weighted by atomic mass is 9.94. The molecule has 0 unspecified atom stereocenters. The molecule has 1 fully saturated rings. The summed E-state index contributed by atoms with van der Waals surface area (Å²) in [5, 5.41) is 1.84. The van der Waals surface area contributed by atoms with Gasteiger partial charge in [0.25, 0.3) is 0 Å². The van der Waals surface area contributed by atoms with Gasteiger partial charge in [-0.15, -0.1) is 0 Å². The number of thiazole rings is 1. The van der Waals surface area contributed by atoms with Crippen molar-refractivity contribution in [2.45, 2.75) is 33.1 Å². The molecule has 0 atom stereocenters. The van der Waals surface area contributed by atoms with Crippen LogP contribution in [-0.2, 0) is 4.74 Å². The van der Waals surface area contributed by atoms with E-state index in [1.165, 1.54) is 0 Å². The maximum atomic E-state index is 12.0. The highest BCUT2D eigenvalue weighted by molar-refractivity contribution is 7.22. The van der Waals surface area contributed by atoms with Gasteiger partial charge in [0.1, 0.15) is 5.75 Å². The summed E-state index contributed by atoms with van der Waals surface area (Å²) < 4.78 is 12.2. The Kier molecular flexibility index (Phi) is 6.98. The first-order valence-electron chi connectivity index (χ1n) is 10.7. The van der Waals surface area contributed by atoms with Crippen molar-refractivity contribution in [2.24, 2.45) is 5.92 Å². The molecule has 0 amide bonds. The maximum Gasteiger partial charge on any atom is 0.338 e. The number of carbonyl (C=O) groups excluding carboxylic acids is 1. The number of carbonyl (C=O) groups is 1. The van der Waals surface area contributed by atoms with E-state index in [0.717, 1.165) is 64.0 Å². The number of benzene rings is 2. The van der Waals surface area contributed by atoms with Crippen LogP contribution in [0.3, 0.4) is 0 Å². The fraction of sp³-hybridized carbons (Fsp3) is 0.417. The summed E-state index contributed by atoms with van der Waals surface area (Å²) in [6.45, 7) is 6.84. The molecule has 0 saturated carbocycles. The smallest absolute Gasteiger partial charge is 0.338 e. The third kappa shape index (κ3) is 5.31. The van der Waals surface area contributed by atoms with E-state index < -0.39 is 0 Å². The number of hydrogen-bond acceptors (Lipinski definition) is 6. The lowest BCUT2D eigenvalue weighted by molar-refractivity contribution is 0.0526. The summed E-state index contributed by atoms with van der Waals surface area (Å²) in [5.74, 6) is 1.08. The molecule has 5 nitrogen and oxygen atoms in total. The van der Waals surface area contributed by atoms with Crippen LogP contribution in [0.15, 0.2) is 36.4 Å². The zero-order valence-corrected chi connectivity index (χ0v) is 19.5. The topological polar surface area (TPSA) is 51.7 Å². The first kappa shape index (κ1) is 21.9. The molecule has 1 aliphatic rings. The monoisotopic (exact) mass is 458 g/mol. The van der Waals surface area contributed by atoms with E-state index in [9.17, 15) is 4.79 Å². The molecule has 1 saturated heterocycles. The van der Waals surface area contributed by atoms with Gasteiger partial charge in [0.05, 0.1) is 29.0 Å². The number of aryl methyl sites for hydroxylation is 1. The van der Waals surface area contributed by atoms with Crippen LogP contribution in [0.4, 0.5) is 5.13 Å². The minimum atomic E-state index is -0.308. The second-order valence-electron chi connectivity index (χ2n) is 7.88. The maximum absolute atomic E-state index is 12.0. The quantitative estimate of drug-likeness (QED) is 0.399. The van der Waals surface area contributed by atoms with Crippen LogP contribution < -0.4 is 9.64 Å². The molecule has 0 bridgehead atoms. The molecule has 0 N–H and O–H groups in total. The molecule has 164 valence electrons. The molecule has 4 rings (SSSR count). The molecular formula is C24H27ClN2O3S. The van der Waals surface area contributed by atoms with Gasteiger partial charge in [-0.3, -0.25) is 0 Å². The zero-order chi connectivity index (χ0) is 21.8. The highest BCUT2D eigenvalue weighted by Crippen LogP contribution is 2.33. The van der Waals surface area contributed by atoms with Crippen LogP contribution in [0.5, 0.6) is 5.75 Å². The van der Waals surface area contributed by atoms with Crippen LogP contribution in [0.25, 0.3) is 10.2 Å². The van der Waals surface area contributed by atoms with Gasteiger partial charge >= 0.3 is 5.97 Å². The number of hydrogen-bond donors (Lipinski definition) is 0. The van der Waals surface area contributed by atoms with E-state index in [-0.39, 0.29) is 5.97 Å². The van der Waals surface area contributed by atoms with Gasteiger partial charge in [-0.2, -0.15) is 0 Å². The Balaban J connectivity index is 1.28. The van der Waals surface area contributed by atoms with Crippen molar-refractivity contribution in [3.05, 3.63) is 52.5 Å². The first-order valence-corrected chi connectivity index (χ1v) is 11.9. The number of fused-ring (bicyclic) bond motifs is 1. The fourth-order valence-corrected chi connectivity index (χ4v) is 5.16. The number of rotatable bonds is 7. The molecule has 7 heteroatoms.